The second-order valence-electron chi connectivity index (χ2n) is 7.20. The van der Waals surface area contributed by atoms with Crippen molar-refractivity contribution in [1.82, 2.24) is 19.5 Å². The summed E-state index contributed by atoms with van der Waals surface area (Å²) in [5, 5.41) is 3.47. The van der Waals surface area contributed by atoms with Crippen molar-refractivity contribution in [2.24, 2.45) is 0 Å². The minimum atomic E-state index is 0.269. The third-order valence-corrected chi connectivity index (χ3v) is 4.87. The average molecular weight is 387 g/mol. The average Bonchev–Trinajstić information content (AvgIpc) is 3.19. The molecule has 0 spiro atoms. The summed E-state index contributed by atoms with van der Waals surface area (Å²) >= 11 is 0. The van der Waals surface area contributed by atoms with E-state index in [2.05, 4.69) is 40.8 Å². The van der Waals surface area contributed by atoms with Crippen molar-refractivity contribution < 1.29 is 4.74 Å². The number of imidazole rings is 1. The molecule has 0 bridgehead atoms. The van der Waals surface area contributed by atoms with Crippen molar-refractivity contribution in [2.75, 3.05) is 19.0 Å². The Labute approximate surface area is 170 Å². The predicted molar refractivity (Wildman–Crippen MR) is 116 cm³/mol. The van der Waals surface area contributed by atoms with Crippen LogP contribution in [0.1, 0.15) is 25.5 Å². The van der Waals surface area contributed by atoms with Crippen LogP contribution in [0.3, 0.4) is 0 Å². The molecule has 0 radical (unpaired) electrons. The summed E-state index contributed by atoms with van der Waals surface area (Å²) in [6.07, 6.45) is 2.72. The molecule has 0 fully saturated rings. The first-order chi connectivity index (χ1) is 14.2. The van der Waals surface area contributed by atoms with Crippen LogP contribution >= 0.6 is 0 Å². The molecular weight excluding hydrogens is 362 g/mol. The van der Waals surface area contributed by atoms with E-state index in [1.165, 1.54) is 5.56 Å². The zero-order valence-electron chi connectivity index (χ0n) is 17.0. The van der Waals surface area contributed by atoms with Crippen molar-refractivity contribution in [3.05, 3.63) is 66.5 Å². The van der Waals surface area contributed by atoms with Crippen molar-refractivity contribution in [3.63, 3.8) is 0 Å². The third-order valence-electron chi connectivity index (χ3n) is 4.87. The van der Waals surface area contributed by atoms with Crippen molar-refractivity contribution in [1.29, 1.82) is 0 Å². The molecule has 0 saturated carbocycles. The molecule has 0 atom stereocenters. The van der Waals surface area contributed by atoms with E-state index in [4.69, 9.17) is 14.7 Å². The summed E-state index contributed by atoms with van der Waals surface area (Å²) < 4.78 is 7.31. The number of fused-ring (bicyclic) bond motifs is 1. The molecule has 6 heteroatoms. The van der Waals surface area contributed by atoms with Gasteiger partial charge in [-0.2, -0.15) is 0 Å². The molecule has 4 aromatic rings. The first-order valence-corrected chi connectivity index (χ1v) is 9.82. The van der Waals surface area contributed by atoms with Crippen LogP contribution in [0.5, 0.6) is 5.75 Å². The number of anilines is 1. The van der Waals surface area contributed by atoms with E-state index in [1.807, 2.05) is 48.8 Å². The zero-order chi connectivity index (χ0) is 20.2. The molecule has 148 valence electrons. The maximum absolute atomic E-state index is 5.22. The fourth-order valence-electron chi connectivity index (χ4n) is 3.25. The lowest BCUT2D eigenvalue weighted by atomic mass is 10.1. The molecule has 0 amide bonds. The number of hydrogen-bond donors (Lipinski definition) is 1. The van der Waals surface area contributed by atoms with Gasteiger partial charge in [0.05, 0.1) is 13.4 Å². The topological polar surface area (TPSA) is 64.9 Å². The second kappa shape index (κ2) is 8.31. The molecule has 0 aliphatic carbocycles. The summed E-state index contributed by atoms with van der Waals surface area (Å²) in [6, 6.07) is 18.4. The lowest BCUT2D eigenvalue weighted by Crippen LogP contribution is -2.09. The van der Waals surface area contributed by atoms with Crippen LogP contribution in [0.15, 0.2) is 60.9 Å². The Bertz CT molecular complexity index is 1090. The number of aromatic nitrogens is 4. The molecule has 0 saturated heterocycles. The quantitative estimate of drug-likeness (QED) is 0.496. The highest BCUT2D eigenvalue weighted by molar-refractivity contribution is 5.85. The summed E-state index contributed by atoms with van der Waals surface area (Å²) in [7, 11) is 1.68. The Morgan fingerprint density at radius 2 is 1.76 bits per heavy atom. The smallest absolute Gasteiger partial charge is 0.166 e. The fraction of sp³-hybridized carbons (Fsp3) is 0.261. The lowest BCUT2D eigenvalue weighted by Gasteiger charge is -2.11. The number of benzene rings is 2. The number of rotatable bonds is 7. The number of hydrogen-bond acceptors (Lipinski definition) is 5. The minimum absolute atomic E-state index is 0.269. The van der Waals surface area contributed by atoms with E-state index in [0.29, 0.717) is 5.82 Å². The van der Waals surface area contributed by atoms with Crippen LogP contribution in [0.25, 0.3) is 22.6 Å². The van der Waals surface area contributed by atoms with Crippen LogP contribution in [0.4, 0.5) is 5.82 Å². The summed E-state index contributed by atoms with van der Waals surface area (Å²) in [6.45, 7) is 5.01. The van der Waals surface area contributed by atoms with Gasteiger partial charge in [-0.3, -0.25) is 0 Å². The van der Waals surface area contributed by atoms with E-state index in [1.54, 1.807) is 7.11 Å². The van der Waals surface area contributed by atoms with Crippen LogP contribution < -0.4 is 10.1 Å². The van der Waals surface area contributed by atoms with Crippen LogP contribution in [-0.2, 0) is 6.42 Å². The Kier molecular flexibility index (Phi) is 5.42. The van der Waals surface area contributed by atoms with Gasteiger partial charge in [-0.1, -0.05) is 42.5 Å². The first-order valence-electron chi connectivity index (χ1n) is 9.82. The number of nitrogens with one attached hydrogen (secondary N) is 1. The normalized spacial score (nSPS) is 11.2. The van der Waals surface area contributed by atoms with Gasteiger partial charge in [0.2, 0.25) is 0 Å². The van der Waals surface area contributed by atoms with Crippen LogP contribution in [0, 0.1) is 0 Å². The molecule has 29 heavy (non-hydrogen) atoms. The van der Waals surface area contributed by atoms with E-state index in [-0.39, 0.29) is 6.04 Å². The number of nitrogens with zero attached hydrogens (tertiary/aromatic N) is 4. The van der Waals surface area contributed by atoms with Gasteiger partial charge in [0, 0.05) is 18.2 Å². The Morgan fingerprint density at radius 3 is 2.45 bits per heavy atom. The summed E-state index contributed by atoms with van der Waals surface area (Å²) in [5.74, 6) is 2.33. The Morgan fingerprint density at radius 1 is 1.00 bits per heavy atom. The standard InChI is InChI=1S/C23H25N5O/c1-16(2)28-15-25-20-22(24-14-13-17-9-11-19(29-3)12-10-17)26-21(27-23(20)28)18-7-5-4-6-8-18/h4-12,15-16H,13-14H2,1-3H3,(H,24,26,27). The van der Waals surface area contributed by atoms with E-state index in [0.717, 1.165) is 41.3 Å². The summed E-state index contributed by atoms with van der Waals surface area (Å²) in [5.41, 5.74) is 3.87. The third kappa shape index (κ3) is 4.06. The van der Waals surface area contributed by atoms with Gasteiger partial charge in [-0.05, 0) is 38.0 Å². The molecule has 4 rings (SSSR count). The number of methoxy groups -OCH3 is 1. The van der Waals surface area contributed by atoms with Crippen molar-refractivity contribution in [3.8, 4) is 17.1 Å². The van der Waals surface area contributed by atoms with Gasteiger partial charge in [0.25, 0.3) is 0 Å². The molecule has 0 aliphatic rings. The molecule has 6 nitrogen and oxygen atoms in total. The highest BCUT2D eigenvalue weighted by Crippen LogP contribution is 2.26. The van der Waals surface area contributed by atoms with Gasteiger partial charge in [0.1, 0.15) is 11.3 Å². The highest BCUT2D eigenvalue weighted by Gasteiger charge is 2.15. The molecule has 2 aromatic heterocycles. The lowest BCUT2D eigenvalue weighted by molar-refractivity contribution is 0.414. The van der Waals surface area contributed by atoms with Gasteiger partial charge in [-0.15, -0.1) is 0 Å². The fourth-order valence-corrected chi connectivity index (χ4v) is 3.25. The molecule has 0 unspecified atom stereocenters. The first kappa shape index (κ1) is 18.9. The predicted octanol–water partition coefficient (Wildman–Crippen LogP) is 4.74. The molecule has 2 aromatic carbocycles. The van der Waals surface area contributed by atoms with E-state index in [9.17, 15) is 0 Å². The SMILES string of the molecule is COc1ccc(CCNc2nc(-c3ccccc3)nc3c2ncn3C(C)C)cc1. The maximum Gasteiger partial charge on any atom is 0.166 e. The van der Waals surface area contributed by atoms with Crippen LogP contribution in [0.2, 0.25) is 0 Å². The minimum Gasteiger partial charge on any atom is -0.497 e. The molecule has 0 aliphatic heterocycles. The molecule has 2 heterocycles. The Hall–Kier alpha value is -3.41. The van der Waals surface area contributed by atoms with E-state index >= 15 is 0 Å². The second-order valence-corrected chi connectivity index (χ2v) is 7.20. The number of ether oxygens (including phenoxy) is 1. The maximum atomic E-state index is 5.22. The highest BCUT2D eigenvalue weighted by atomic mass is 16.5. The Balaban J connectivity index is 1.63. The summed E-state index contributed by atoms with van der Waals surface area (Å²) in [4.78, 5) is 14.2. The van der Waals surface area contributed by atoms with Gasteiger partial charge < -0.3 is 14.6 Å². The largest absolute Gasteiger partial charge is 0.497 e. The monoisotopic (exact) mass is 387 g/mol. The van der Waals surface area contributed by atoms with E-state index < -0.39 is 0 Å². The van der Waals surface area contributed by atoms with Crippen molar-refractivity contribution >= 4 is 17.0 Å². The van der Waals surface area contributed by atoms with Gasteiger partial charge >= 0.3 is 0 Å². The van der Waals surface area contributed by atoms with Gasteiger partial charge in [0.15, 0.2) is 17.3 Å². The zero-order valence-corrected chi connectivity index (χ0v) is 17.0. The van der Waals surface area contributed by atoms with Crippen molar-refractivity contribution in [2.45, 2.75) is 26.3 Å². The molecular formula is C23H25N5O. The molecule has 1 N–H and O–H groups in total. The van der Waals surface area contributed by atoms with Gasteiger partial charge in [-0.25, -0.2) is 15.0 Å². The van der Waals surface area contributed by atoms with Crippen LogP contribution in [-0.4, -0.2) is 33.2 Å².